The fourth-order valence-electron chi connectivity index (χ4n) is 0.813. The molecule has 0 bridgehead atoms. The van der Waals surface area contributed by atoms with Gasteiger partial charge in [0, 0.05) is 17.9 Å². The number of hydrogen-bond donors (Lipinski definition) is 2. The van der Waals surface area contributed by atoms with Crippen LogP contribution in [0.5, 0.6) is 0 Å². The summed E-state index contributed by atoms with van der Waals surface area (Å²) in [7, 11) is -1.92. The number of rotatable bonds is 5. The van der Waals surface area contributed by atoms with Crippen LogP contribution in [0, 0.1) is 0 Å². The summed E-state index contributed by atoms with van der Waals surface area (Å²) < 4.78 is 11.3. The zero-order valence-corrected chi connectivity index (χ0v) is 9.49. The fraction of sp³-hybridized carbons (Fsp3) is 0.667. The zero-order valence-electron chi connectivity index (χ0n) is 8.59. The van der Waals surface area contributed by atoms with Gasteiger partial charge in [0.05, 0.1) is 0 Å². The van der Waals surface area contributed by atoms with Crippen LogP contribution < -0.4 is 5.32 Å². The van der Waals surface area contributed by atoms with Gasteiger partial charge in [-0.2, -0.15) is 0 Å². The Morgan fingerprint density at radius 1 is 1.46 bits per heavy atom. The molecule has 1 N–H and O–H groups in total. The molecule has 0 aromatic rings. The van der Waals surface area contributed by atoms with Crippen LogP contribution in [0.25, 0.3) is 0 Å². The molecule has 1 amide bonds. The number of nitrogens with one attached hydrogen (secondary N) is 1. The van der Waals surface area contributed by atoms with Crippen LogP contribution in [-0.4, -0.2) is 34.9 Å². The standard InChI is InChI=1S/C9H19NO2S/c1-8(2)9(11)10-6-5-7-13(3,4)12/h13H,1,5-7H2,2-4H3,(H,10,11). The van der Waals surface area contributed by atoms with Gasteiger partial charge >= 0.3 is 0 Å². The minimum absolute atomic E-state index is 0.123. The quantitative estimate of drug-likeness (QED) is 0.386. The van der Waals surface area contributed by atoms with E-state index in [1.165, 1.54) is 0 Å². The number of amides is 1. The van der Waals surface area contributed by atoms with Gasteiger partial charge in [0.15, 0.2) is 0 Å². The Labute approximate surface area is 81.0 Å². The van der Waals surface area contributed by atoms with E-state index < -0.39 is 9.93 Å². The summed E-state index contributed by atoms with van der Waals surface area (Å²) in [5.41, 5.74) is 0.510. The van der Waals surface area contributed by atoms with Gasteiger partial charge in [-0.25, -0.2) is 0 Å². The molecule has 0 aliphatic rings. The van der Waals surface area contributed by atoms with Crippen molar-refractivity contribution < 1.29 is 9.00 Å². The molecule has 0 aromatic heterocycles. The van der Waals surface area contributed by atoms with Gasteiger partial charge in [-0.15, -0.1) is 9.93 Å². The molecule has 0 aliphatic carbocycles. The van der Waals surface area contributed by atoms with Crippen molar-refractivity contribution in [3.63, 3.8) is 0 Å². The lowest BCUT2D eigenvalue weighted by atomic mass is 10.3. The second-order valence-electron chi connectivity index (χ2n) is 3.69. The summed E-state index contributed by atoms with van der Waals surface area (Å²) in [4.78, 5) is 11.0. The zero-order chi connectivity index (χ0) is 10.5. The van der Waals surface area contributed by atoms with Crippen LogP contribution in [-0.2, 0) is 14.7 Å². The molecule has 4 heteroatoms. The van der Waals surface area contributed by atoms with E-state index in [0.29, 0.717) is 17.9 Å². The van der Waals surface area contributed by atoms with Crippen molar-refractivity contribution in [2.75, 3.05) is 24.8 Å². The normalized spacial score (nSPS) is 12.2. The lowest BCUT2D eigenvalue weighted by Crippen LogP contribution is -2.26. The monoisotopic (exact) mass is 205 g/mol. The third kappa shape index (κ3) is 7.71. The first-order chi connectivity index (χ1) is 5.83. The van der Waals surface area contributed by atoms with Crippen LogP contribution in [0.4, 0.5) is 0 Å². The van der Waals surface area contributed by atoms with E-state index in [0.717, 1.165) is 6.42 Å². The van der Waals surface area contributed by atoms with Gasteiger partial charge in [0.1, 0.15) is 0 Å². The average Bonchev–Trinajstić information content (AvgIpc) is 1.95. The first-order valence-corrected chi connectivity index (χ1v) is 7.09. The Bertz CT molecular complexity index is 242. The number of carbonyl (C=O) groups excluding carboxylic acids is 1. The molecule has 0 saturated carbocycles. The molecule has 13 heavy (non-hydrogen) atoms. The molecule has 0 spiro atoms. The highest BCUT2D eigenvalue weighted by molar-refractivity contribution is 8.01. The van der Waals surface area contributed by atoms with Gasteiger partial charge in [-0.1, -0.05) is 6.58 Å². The van der Waals surface area contributed by atoms with Gasteiger partial charge < -0.3 is 5.32 Å². The number of carbonyl (C=O) groups is 1. The fourth-order valence-corrected chi connectivity index (χ4v) is 1.73. The van der Waals surface area contributed by atoms with E-state index in [-0.39, 0.29) is 5.91 Å². The molecular weight excluding hydrogens is 186 g/mol. The minimum Gasteiger partial charge on any atom is -0.352 e. The SMILES string of the molecule is C=C(C)C(=O)NCCC[SH](C)(C)=O. The van der Waals surface area contributed by atoms with Gasteiger partial charge in [-0.3, -0.25) is 9.00 Å². The molecule has 3 nitrogen and oxygen atoms in total. The molecule has 0 heterocycles. The van der Waals surface area contributed by atoms with E-state index in [2.05, 4.69) is 11.9 Å². The van der Waals surface area contributed by atoms with Crippen LogP contribution in [0.3, 0.4) is 0 Å². The van der Waals surface area contributed by atoms with Gasteiger partial charge in [0.2, 0.25) is 5.91 Å². The number of hydrogen-bond acceptors (Lipinski definition) is 2. The minimum atomic E-state index is -1.92. The summed E-state index contributed by atoms with van der Waals surface area (Å²) in [6, 6.07) is 0. The van der Waals surface area contributed by atoms with Crippen molar-refractivity contribution in [1.29, 1.82) is 0 Å². The van der Waals surface area contributed by atoms with E-state index in [1.54, 1.807) is 19.4 Å². The van der Waals surface area contributed by atoms with Crippen LogP contribution in [0.2, 0.25) is 0 Å². The summed E-state index contributed by atoms with van der Waals surface area (Å²) in [6.45, 7) is 5.76. The molecule has 0 unspecified atom stereocenters. The summed E-state index contributed by atoms with van der Waals surface area (Å²) >= 11 is 0. The lowest BCUT2D eigenvalue weighted by Gasteiger charge is -2.11. The third-order valence-electron chi connectivity index (χ3n) is 1.55. The molecule has 78 valence electrons. The van der Waals surface area contributed by atoms with E-state index in [9.17, 15) is 9.00 Å². The Morgan fingerprint density at radius 2 is 2.00 bits per heavy atom. The van der Waals surface area contributed by atoms with Crippen LogP contribution in [0.15, 0.2) is 12.2 Å². The predicted molar refractivity (Wildman–Crippen MR) is 58.7 cm³/mol. The Morgan fingerprint density at radius 3 is 2.38 bits per heavy atom. The Kier molecular flexibility index (Phi) is 4.91. The summed E-state index contributed by atoms with van der Waals surface area (Å²) in [6.07, 6.45) is 4.28. The smallest absolute Gasteiger partial charge is 0.246 e. The van der Waals surface area contributed by atoms with Crippen molar-refractivity contribution in [2.24, 2.45) is 0 Å². The molecule has 0 radical (unpaired) electrons. The molecular formula is C9H19NO2S. The largest absolute Gasteiger partial charge is 0.352 e. The average molecular weight is 205 g/mol. The van der Waals surface area contributed by atoms with Crippen molar-refractivity contribution in [3.8, 4) is 0 Å². The molecule has 0 saturated heterocycles. The molecule has 0 fully saturated rings. The summed E-state index contributed by atoms with van der Waals surface area (Å²) in [5.74, 6) is 0.561. The van der Waals surface area contributed by atoms with Gasteiger partial charge in [-0.05, 0) is 25.9 Å². The van der Waals surface area contributed by atoms with Gasteiger partial charge in [0.25, 0.3) is 0 Å². The molecule has 0 aromatic carbocycles. The first kappa shape index (κ1) is 12.4. The second-order valence-corrected chi connectivity index (χ2v) is 7.28. The summed E-state index contributed by atoms with van der Waals surface area (Å²) in [5, 5.41) is 2.70. The molecule has 0 rings (SSSR count). The highest BCUT2D eigenvalue weighted by atomic mass is 32.2. The van der Waals surface area contributed by atoms with Crippen molar-refractivity contribution in [3.05, 3.63) is 12.2 Å². The molecule has 0 aliphatic heterocycles. The predicted octanol–water partition coefficient (Wildman–Crippen LogP) is 0.345. The topological polar surface area (TPSA) is 46.2 Å². The highest BCUT2D eigenvalue weighted by Gasteiger charge is 2.02. The maximum atomic E-state index is 11.3. The number of thiol groups is 1. The van der Waals surface area contributed by atoms with Crippen molar-refractivity contribution in [1.82, 2.24) is 5.32 Å². The first-order valence-electron chi connectivity index (χ1n) is 4.30. The van der Waals surface area contributed by atoms with Crippen LogP contribution in [0.1, 0.15) is 13.3 Å². The maximum absolute atomic E-state index is 11.3. The maximum Gasteiger partial charge on any atom is 0.246 e. The van der Waals surface area contributed by atoms with Crippen molar-refractivity contribution in [2.45, 2.75) is 13.3 Å². The van der Waals surface area contributed by atoms with E-state index in [4.69, 9.17) is 0 Å². The second kappa shape index (κ2) is 5.17. The van der Waals surface area contributed by atoms with E-state index >= 15 is 0 Å². The molecule has 0 atom stereocenters. The third-order valence-corrected chi connectivity index (χ3v) is 2.94. The van der Waals surface area contributed by atoms with Crippen LogP contribution >= 0.6 is 0 Å². The van der Waals surface area contributed by atoms with E-state index in [1.807, 2.05) is 0 Å². The Hall–Kier alpha value is -0.640. The Balaban J connectivity index is 3.53. The lowest BCUT2D eigenvalue weighted by molar-refractivity contribution is -0.117. The van der Waals surface area contributed by atoms with Crippen molar-refractivity contribution >= 4 is 15.8 Å². The highest BCUT2D eigenvalue weighted by Crippen LogP contribution is 1.95.